The number of nitrogen functional groups attached to an aromatic ring is 1. The number of pyridine rings is 4. The second-order valence-corrected chi connectivity index (χ2v) is 24.3. The molecule has 0 aliphatic rings. The summed E-state index contributed by atoms with van der Waals surface area (Å²) in [6, 6.07) is 43.3. The number of hydrogen-bond donors (Lipinski definition) is 3. The first-order chi connectivity index (χ1) is 40.1. The first kappa shape index (κ1) is 72.5. The third kappa shape index (κ3) is 25.4. The van der Waals surface area contributed by atoms with Gasteiger partial charge in [0.15, 0.2) is 0 Å². The Labute approximate surface area is 522 Å². The van der Waals surface area contributed by atoms with Gasteiger partial charge in [0.1, 0.15) is 38.6 Å². The van der Waals surface area contributed by atoms with Gasteiger partial charge in [-0.05, 0) is 228 Å². The van der Waals surface area contributed by atoms with Crippen LogP contribution in [0, 0.1) is 27.7 Å². The van der Waals surface area contributed by atoms with Gasteiger partial charge in [0.05, 0.1) is 39.2 Å². The van der Waals surface area contributed by atoms with E-state index >= 15 is 0 Å². The van der Waals surface area contributed by atoms with E-state index in [1.54, 1.807) is 106 Å². The third-order valence-electron chi connectivity index (χ3n) is 11.2. The Bertz CT molecular complexity index is 3540. The Morgan fingerprint density at radius 3 is 1.29 bits per heavy atom. The summed E-state index contributed by atoms with van der Waals surface area (Å²) < 4.78 is 28.1. The molecule has 0 aliphatic carbocycles. The summed E-state index contributed by atoms with van der Waals surface area (Å²) in [5.74, 6) is -0.610. The molecule has 0 saturated heterocycles. The van der Waals surface area contributed by atoms with Gasteiger partial charge in [0.2, 0.25) is 6.20 Å². The second kappa shape index (κ2) is 32.7. The van der Waals surface area contributed by atoms with Gasteiger partial charge in [-0.25, -0.2) is 29.1 Å². The molecule has 0 bridgehead atoms. The van der Waals surface area contributed by atoms with Crippen molar-refractivity contribution in [3.05, 3.63) is 213 Å². The van der Waals surface area contributed by atoms with Crippen LogP contribution in [0.5, 0.6) is 5.75 Å². The maximum absolute atomic E-state index is 12.1. The number of nitrogens with zero attached hydrogens (tertiary/aromatic N) is 4. The molecule has 0 spiro atoms. The maximum Gasteiger partial charge on any atom is 0.569 e. The highest BCUT2D eigenvalue weighted by molar-refractivity contribution is 9.10. The molecular weight excluding hydrogens is 1170 g/mol. The number of benzene rings is 4. The summed E-state index contributed by atoms with van der Waals surface area (Å²) in [6.07, 6.45) is 5.07. The van der Waals surface area contributed by atoms with Gasteiger partial charge in [-0.15, -0.1) is 0 Å². The molecule has 18 heteroatoms. The fraction of sp³-hybridized carbons (Fsp3) is 0.304. The van der Waals surface area contributed by atoms with Crippen LogP contribution in [0.25, 0.3) is 33.8 Å². The zero-order chi connectivity index (χ0) is 64.2. The largest absolute Gasteiger partial charge is 0.569 e. The van der Waals surface area contributed by atoms with Crippen LogP contribution in [0.3, 0.4) is 0 Å². The molecule has 4 aromatic heterocycles. The zero-order valence-corrected chi connectivity index (χ0v) is 53.6. The molecule has 0 amide bonds. The molecule has 87 heavy (non-hydrogen) atoms. The molecule has 4 aromatic carbocycles. The first-order valence-electron chi connectivity index (χ1n) is 27.5. The molecule has 8 aromatic rings. The van der Waals surface area contributed by atoms with Crippen LogP contribution in [-0.4, -0.2) is 79.1 Å². The number of aromatic nitrogens is 4. The topological polar surface area (TPSA) is 223 Å². The number of carbonyl (C=O) groups is 4. The zero-order valence-electron chi connectivity index (χ0n) is 52.0. The highest BCUT2D eigenvalue weighted by atomic mass is 79.9. The van der Waals surface area contributed by atoms with Gasteiger partial charge >= 0.3 is 31.6 Å². The van der Waals surface area contributed by atoms with E-state index in [-0.39, 0.29) is 25.3 Å². The molecule has 0 unspecified atom stereocenters. The fourth-order valence-electron chi connectivity index (χ4n) is 7.54. The van der Waals surface area contributed by atoms with E-state index in [0.717, 1.165) is 54.1 Å². The van der Waals surface area contributed by atoms with Gasteiger partial charge in [0.25, 0.3) is 5.69 Å². The van der Waals surface area contributed by atoms with Crippen LogP contribution >= 0.6 is 15.9 Å². The van der Waals surface area contributed by atoms with Crippen LogP contribution < -0.4 is 15.1 Å². The van der Waals surface area contributed by atoms with Crippen LogP contribution in [0.1, 0.15) is 154 Å². The predicted molar refractivity (Wildman–Crippen MR) is 346 cm³/mol. The summed E-state index contributed by atoms with van der Waals surface area (Å²) in [5.41, 5.74) is 14.6. The minimum atomic E-state index is -0.535. The van der Waals surface area contributed by atoms with E-state index in [1.807, 2.05) is 163 Å². The van der Waals surface area contributed by atoms with E-state index in [0.29, 0.717) is 47.2 Å². The van der Waals surface area contributed by atoms with E-state index < -0.39 is 28.4 Å². The molecule has 0 aliphatic heterocycles. The Kier molecular flexibility index (Phi) is 27.2. The van der Waals surface area contributed by atoms with Gasteiger partial charge < -0.3 is 34.4 Å². The second-order valence-electron chi connectivity index (χ2n) is 23.6. The lowest BCUT2D eigenvalue weighted by molar-refractivity contribution is -0.896. The van der Waals surface area contributed by atoms with Crippen LogP contribution in [0.2, 0.25) is 0 Å². The van der Waals surface area contributed by atoms with Crippen molar-refractivity contribution >= 4 is 53.3 Å². The monoisotopic (exact) mass is 1250 g/mol. The van der Waals surface area contributed by atoms with E-state index in [4.69, 9.17) is 34.4 Å². The van der Waals surface area contributed by atoms with Gasteiger partial charge in [-0.1, -0.05) is 62.0 Å². The number of hydrogen-bond acceptors (Lipinski definition) is 15. The highest BCUT2D eigenvalue weighted by Crippen LogP contribution is 2.27. The fourth-order valence-corrected chi connectivity index (χ4v) is 7.79. The first-order valence-corrected chi connectivity index (χ1v) is 28.3. The van der Waals surface area contributed by atoms with Crippen molar-refractivity contribution in [3.63, 3.8) is 0 Å². The average molecular weight is 1250 g/mol. The summed E-state index contributed by atoms with van der Waals surface area (Å²) in [7, 11) is 0.564. The standard InChI is InChI=1S/C17H20N2O2.C17H20NO3.C17H19NO2.C11H14BO4.C6H6BrN.CH4/c1-11-8-9-14(18)19-15(11)12-6-5-7-13(10-12)16(20)21-17(2,3)4;1-12-7-6-10-18(20)15(12)13-8-5-9-14(11-13)16(19)21-17(2,3)4;1-12-7-6-10-18-15(12)13-8-5-9-14(11-13)16(19)20-17(2,3)4;1-11(2,3)15-10(13)8-5-4-6-9(7-8)16-12-14;1-5-3-2-4-8-6(5)7;/h5-10H,1-4H3,(H2,18,19);5-11,20H,1-4H3;5-11H,1-4H3;4-7,14H,1-3H3;2-4H,1H3;1H4/q;+1;;;;. The summed E-state index contributed by atoms with van der Waals surface area (Å²) >= 11 is 3.28. The Hall–Kier alpha value is -8.74. The van der Waals surface area contributed by atoms with Crippen LogP contribution in [-0.2, 0) is 18.9 Å². The number of anilines is 1. The number of nitrogens with two attached hydrogens (primary N) is 1. The Morgan fingerprint density at radius 1 is 0.483 bits per heavy atom. The SMILES string of the molecule is C.CC(C)(C)OC(=O)c1cccc(O[B]O)c1.Cc1ccc(N)nc1-c1cccc(C(=O)OC(C)(C)C)c1.Cc1ccc[n+](O)c1-c1cccc(C(=O)OC(C)(C)C)c1.Cc1cccnc1-c1cccc(C(=O)OC(C)(C)C)c1.Cc1cccnc1Br. The molecule has 16 nitrogen and oxygen atoms in total. The summed E-state index contributed by atoms with van der Waals surface area (Å²) in [4.78, 5) is 60.7. The molecule has 4 N–H and O–H groups in total. The number of esters is 4. The predicted octanol–water partition coefficient (Wildman–Crippen LogP) is 15.1. The average Bonchev–Trinajstić information content (AvgIpc) is 2.33. The van der Waals surface area contributed by atoms with Gasteiger partial charge in [0, 0.05) is 39.9 Å². The minimum absolute atomic E-state index is 0. The van der Waals surface area contributed by atoms with Gasteiger partial charge in [-0.3, -0.25) is 10.2 Å². The lowest BCUT2D eigenvalue weighted by Crippen LogP contribution is -2.33. The molecular formula is C69H83BBrN5O11+. The molecule has 0 atom stereocenters. The van der Waals surface area contributed by atoms with Crippen molar-refractivity contribution in [2.75, 3.05) is 5.73 Å². The normalized spacial score (nSPS) is 10.8. The van der Waals surface area contributed by atoms with Crippen molar-refractivity contribution in [1.82, 2.24) is 15.0 Å². The summed E-state index contributed by atoms with van der Waals surface area (Å²) in [5, 5.41) is 18.4. The Balaban J connectivity index is 0.000000291. The Morgan fingerprint density at radius 2 is 0.874 bits per heavy atom. The lowest BCUT2D eigenvalue weighted by atomic mass is 10.0. The number of ether oxygens (including phenoxy) is 4. The van der Waals surface area contributed by atoms with Crippen LogP contribution in [0.15, 0.2) is 169 Å². The van der Waals surface area contributed by atoms with E-state index in [1.165, 1.54) is 11.6 Å². The van der Waals surface area contributed by atoms with Gasteiger partial charge in [-0.2, -0.15) is 0 Å². The van der Waals surface area contributed by atoms with Crippen LogP contribution in [0.4, 0.5) is 5.82 Å². The van der Waals surface area contributed by atoms with Crippen molar-refractivity contribution < 1.29 is 57.7 Å². The number of aryl methyl sites for hydroxylation is 4. The van der Waals surface area contributed by atoms with Crippen molar-refractivity contribution in [1.29, 1.82) is 0 Å². The van der Waals surface area contributed by atoms with Crippen molar-refractivity contribution in [2.24, 2.45) is 0 Å². The minimum Gasteiger partial charge on any atom is -0.537 e. The van der Waals surface area contributed by atoms with E-state index in [2.05, 4.69) is 30.9 Å². The summed E-state index contributed by atoms with van der Waals surface area (Å²) in [6.45, 7) is 29.9. The smallest absolute Gasteiger partial charge is 0.537 e. The molecule has 0 fully saturated rings. The molecule has 1 radical (unpaired) electrons. The number of halogens is 1. The highest BCUT2D eigenvalue weighted by Gasteiger charge is 2.23. The quantitative estimate of drug-likeness (QED) is 0.0305. The van der Waals surface area contributed by atoms with E-state index in [9.17, 15) is 24.4 Å². The lowest BCUT2D eigenvalue weighted by Gasteiger charge is -2.19. The number of carbonyl (C=O) groups excluding carboxylic acids is 4. The third-order valence-corrected chi connectivity index (χ3v) is 12.0. The molecule has 0 saturated carbocycles. The molecule has 459 valence electrons. The molecule has 8 rings (SSSR count). The van der Waals surface area contributed by atoms with Crippen molar-refractivity contribution in [3.8, 4) is 39.5 Å². The number of rotatable bonds is 9. The van der Waals surface area contributed by atoms with Crippen molar-refractivity contribution in [2.45, 2.75) is 141 Å². The molecule has 4 heterocycles. The maximum atomic E-state index is 12.1.